The minimum Gasteiger partial charge on any atom is -0.399 e. The van der Waals surface area contributed by atoms with Gasteiger partial charge < -0.3 is 31.2 Å². The molecule has 0 spiro atoms. The summed E-state index contributed by atoms with van der Waals surface area (Å²) in [6.45, 7) is 5.52. The second kappa shape index (κ2) is 10.3. The van der Waals surface area contributed by atoms with Crippen molar-refractivity contribution in [1.82, 2.24) is 20.0 Å². The molecule has 202 valence electrons. The highest BCUT2D eigenvalue weighted by Gasteiger charge is 2.31. The van der Waals surface area contributed by atoms with Crippen molar-refractivity contribution in [3.8, 4) is 11.3 Å². The number of nitrogens with two attached hydrogens (primary N) is 2. The van der Waals surface area contributed by atoms with Gasteiger partial charge in [-0.25, -0.2) is 9.37 Å². The predicted octanol–water partition coefficient (Wildman–Crippen LogP) is 4.37. The smallest absolute Gasteiger partial charge is 0.399 e. The van der Waals surface area contributed by atoms with Gasteiger partial charge in [-0.2, -0.15) is 13.2 Å². The van der Waals surface area contributed by atoms with Crippen molar-refractivity contribution in [2.75, 3.05) is 16.8 Å². The summed E-state index contributed by atoms with van der Waals surface area (Å²) in [6, 6.07) is 5.71. The maximum atomic E-state index is 14.9. The van der Waals surface area contributed by atoms with Crippen LogP contribution in [-0.2, 0) is 19.3 Å². The fourth-order valence-corrected chi connectivity index (χ4v) is 4.03. The Morgan fingerprint density at radius 3 is 2.55 bits per heavy atom. The van der Waals surface area contributed by atoms with Crippen LogP contribution in [-0.4, -0.2) is 26.8 Å². The van der Waals surface area contributed by atoms with E-state index in [1.165, 1.54) is 16.8 Å². The van der Waals surface area contributed by atoms with E-state index in [0.29, 0.717) is 5.39 Å². The van der Waals surface area contributed by atoms with Crippen LogP contribution in [0.3, 0.4) is 0 Å². The predicted molar refractivity (Wildman–Crippen MR) is 137 cm³/mol. The second-order valence-electron chi connectivity index (χ2n) is 9.31. The zero-order valence-corrected chi connectivity index (χ0v) is 20.9. The molecule has 0 aliphatic heterocycles. The van der Waals surface area contributed by atoms with Crippen molar-refractivity contribution in [2.45, 2.75) is 52.1 Å². The van der Waals surface area contributed by atoms with Gasteiger partial charge in [-0.3, -0.25) is 4.79 Å². The Morgan fingerprint density at radius 1 is 1.13 bits per heavy atom. The molecule has 0 saturated carbocycles. The largest absolute Gasteiger partial charge is 0.416 e. The van der Waals surface area contributed by atoms with Crippen LogP contribution in [0.4, 0.5) is 34.9 Å². The normalized spacial score (nSPS) is 12.8. The Balaban J connectivity index is 1.66. The van der Waals surface area contributed by atoms with Gasteiger partial charge in [-0.1, -0.05) is 11.2 Å². The van der Waals surface area contributed by atoms with Gasteiger partial charge in [0.15, 0.2) is 17.5 Å². The average Bonchev–Trinajstić information content (AvgIpc) is 3.21. The summed E-state index contributed by atoms with van der Waals surface area (Å²) < 4.78 is 61.5. The zero-order chi connectivity index (χ0) is 27.8. The highest BCUT2D eigenvalue weighted by molar-refractivity contribution is 5.87. The quantitative estimate of drug-likeness (QED) is 0.194. The molecule has 9 nitrogen and oxygen atoms in total. The third-order valence-electron chi connectivity index (χ3n) is 5.84. The van der Waals surface area contributed by atoms with Crippen LogP contribution in [0, 0.1) is 5.82 Å². The molecule has 0 saturated heterocycles. The highest BCUT2D eigenvalue weighted by Crippen LogP contribution is 2.34. The van der Waals surface area contributed by atoms with Crippen LogP contribution in [0.25, 0.3) is 22.2 Å². The highest BCUT2D eigenvalue weighted by atomic mass is 19.4. The van der Waals surface area contributed by atoms with E-state index in [4.69, 9.17) is 16.0 Å². The van der Waals surface area contributed by atoms with E-state index in [1.54, 1.807) is 19.1 Å². The second-order valence-corrected chi connectivity index (χ2v) is 9.31. The summed E-state index contributed by atoms with van der Waals surface area (Å²) in [5.74, 6) is -0.483. The lowest BCUT2D eigenvalue weighted by atomic mass is 10.1. The lowest BCUT2D eigenvalue weighted by Gasteiger charge is -2.21. The van der Waals surface area contributed by atoms with Gasteiger partial charge in [-0.15, -0.1) is 0 Å². The summed E-state index contributed by atoms with van der Waals surface area (Å²) in [4.78, 5) is 17.5. The van der Waals surface area contributed by atoms with Gasteiger partial charge in [-0.05, 0) is 45.0 Å². The molecule has 38 heavy (non-hydrogen) atoms. The number of nitrogens with zero attached hydrogens (tertiary/aromatic N) is 3. The minimum atomic E-state index is -4.63. The molecule has 4 aromatic rings. The van der Waals surface area contributed by atoms with Crippen LogP contribution in [0.15, 0.2) is 45.8 Å². The maximum Gasteiger partial charge on any atom is 0.416 e. The van der Waals surface area contributed by atoms with E-state index in [9.17, 15) is 22.4 Å². The Bertz CT molecular complexity index is 1530. The fourth-order valence-electron chi connectivity index (χ4n) is 4.03. The summed E-state index contributed by atoms with van der Waals surface area (Å²) in [7, 11) is 0. The van der Waals surface area contributed by atoms with E-state index in [0.717, 1.165) is 12.1 Å². The summed E-state index contributed by atoms with van der Waals surface area (Å²) >= 11 is 0. The molecule has 1 unspecified atom stereocenters. The lowest BCUT2D eigenvalue weighted by molar-refractivity contribution is -0.137. The Kier molecular flexibility index (Phi) is 7.31. The van der Waals surface area contributed by atoms with Crippen molar-refractivity contribution in [2.24, 2.45) is 0 Å². The standard InChI is InChI=1S/C25H27F4N7O2/c1-12(2)34-23-24(37)36(19(10-33-23)15-6-16(25(27,28)29)8-17(30)7-15)11-13(3)32-9-14-4-5-18-21(20(14)26)38-35-22(18)31/h4-8,10,12-13,32H,9,11,30H2,1-3H3,(H2,31,35)(H,33,34). The van der Waals surface area contributed by atoms with E-state index >= 15 is 0 Å². The Morgan fingerprint density at radius 2 is 1.87 bits per heavy atom. The van der Waals surface area contributed by atoms with Crippen LogP contribution in [0.2, 0.25) is 0 Å². The number of rotatable bonds is 8. The number of nitrogen functional groups attached to an aromatic ring is 2. The topological polar surface area (TPSA) is 137 Å². The molecule has 4 rings (SSSR count). The van der Waals surface area contributed by atoms with Gasteiger partial charge in [0, 0.05) is 42.0 Å². The molecule has 13 heteroatoms. The molecule has 0 fully saturated rings. The molecule has 0 aliphatic carbocycles. The lowest BCUT2D eigenvalue weighted by Crippen LogP contribution is -2.36. The average molecular weight is 534 g/mol. The Labute approximate surface area is 214 Å². The van der Waals surface area contributed by atoms with Gasteiger partial charge in [0.2, 0.25) is 5.58 Å². The molecule has 0 amide bonds. The molecule has 0 radical (unpaired) electrons. The van der Waals surface area contributed by atoms with Crippen LogP contribution in [0.5, 0.6) is 0 Å². The number of alkyl halides is 3. The van der Waals surface area contributed by atoms with Crippen molar-refractivity contribution in [1.29, 1.82) is 0 Å². The van der Waals surface area contributed by atoms with Gasteiger partial charge in [0.1, 0.15) is 0 Å². The maximum absolute atomic E-state index is 14.9. The van der Waals surface area contributed by atoms with Crippen LogP contribution in [0.1, 0.15) is 31.9 Å². The molecule has 0 aliphatic rings. The first-order chi connectivity index (χ1) is 17.8. The molecule has 6 N–H and O–H groups in total. The fraction of sp³-hybridized carbons (Fsp3) is 0.320. The first-order valence-electron chi connectivity index (χ1n) is 11.7. The summed E-state index contributed by atoms with van der Waals surface area (Å²) in [5, 5.41) is 10.0. The third-order valence-corrected chi connectivity index (χ3v) is 5.84. The summed E-state index contributed by atoms with van der Waals surface area (Å²) in [6.07, 6.45) is -3.30. The number of hydrogen-bond acceptors (Lipinski definition) is 8. The number of nitrogens with one attached hydrogen (secondary N) is 2. The number of anilines is 3. The van der Waals surface area contributed by atoms with E-state index in [1.807, 2.05) is 13.8 Å². The monoisotopic (exact) mass is 533 g/mol. The molecular formula is C25H27F4N7O2. The number of aromatic nitrogens is 3. The minimum absolute atomic E-state index is 0.0404. The zero-order valence-electron chi connectivity index (χ0n) is 20.9. The van der Waals surface area contributed by atoms with E-state index in [-0.39, 0.29) is 58.9 Å². The van der Waals surface area contributed by atoms with Gasteiger partial charge in [0.05, 0.1) is 22.8 Å². The number of hydrogen-bond donors (Lipinski definition) is 4. The van der Waals surface area contributed by atoms with Gasteiger partial charge in [0.25, 0.3) is 5.56 Å². The number of halogens is 4. The molecule has 1 atom stereocenters. The molecule has 2 heterocycles. The third kappa shape index (κ3) is 5.57. The van der Waals surface area contributed by atoms with Crippen molar-refractivity contribution < 1.29 is 22.1 Å². The number of benzene rings is 2. The molecule has 2 aromatic heterocycles. The molecule has 0 bridgehead atoms. The molecular weight excluding hydrogens is 506 g/mol. The van der Waals surface area contributed by atoms with Crippen LogP contribution < -0.4 is 27.7 Å². The van der Waals surface area contributed by atoms with E-state index in [2.05, 4.69) is 20.8 Å². The SMILES string of the molecule is CC(C)Nc1ncc(-c2cc(N)cc(C(F)(F)F)c2)n(CC(C)NCc2ccc3c(N)noc3c2F)c1=O. The first kappa shape index (κ1) is 26.9. The van der Waals surface area contributed by atoms with Gasteiger partial charge >= 0.3 is 6.18 Å². The summed E-state index contributed by atoms with van der Waals surface area (Å²) in [5.41, 5.74) is 10.3. The molecule has 2 aromatic carbocycles. The van der Waals surface area contributed by atoms with E-state index < -0.39 is 29.2 Å². The first-order valence-corrected chi connectivity index (χ1v) is 11.7. The number of fused-ring (bicyclic) bond motifs is 1. The van der Waals surface area contributed by atoms with Crippen molar-refractivity contribution in [3.63, 3.8) is 0 Å². The van der Waals surface area contributed by atoms with Crippen LogP contribution >= 0.6 is 0 Å². The Hall–Kier alpha value is -4.13. The van der Waals surface area contributed by atoms with Crippen molar-refractivity contribution in [3.05, 3.63) is 63.8 Å². The van der Waals surface area contributed by atoms with Crippen molar-refractivity contribution >= 4 is 28.3 Å².